The maximum absolute atomic E-state index is 11.1. The lowest BCUT2D eigenvalue weighted by molar-refractivity contribution is -0.111. The molecule has 1 unspecified atom stereocenters. The molecule has 0 bridgehead atoms. The molecule has 0 aromatic rings. The predicted molar refractivity (Wildman–Crippen MR) is 54.1 cm³/mol. The van der Waals surface area contributed by atoms with Gasteiger partial charge in [0.25, 0.3) is 0 Å². The molecule has 1 nitrogen and oxygen atoms in total. The van der Waals surface area contributed by atoms with Crippen molar-refractivity contribution in [3.8, 4) is 0 Å². The first-order valence-electron chi connectivity index (χ1n) is 3.90. The third kappa shape index (κ3) is 1.69. The molecule has 0 radical (unpaired) electrons. The predicted octanol–water partition coefficient (Wildman–Crippen LogP) is 2.52. The molecule has 0 aliphatic heterocycles. The number of allylic oxidation sites excluding steroid dienone is 5. The second-order valence-corrected chi connectivity index (χ2v) is 3.35. The van der Waals surface area contributed by atoms with Crippen LogP contribution < -0.4 is 0 Å². The maximum atomic E-state index is 11.1. The summed E-state index contributed by atoms with van der Waals surface area (Å²) in [6.07, 6.45) is 6.19. The van der Waals surface area contributed by atoms with E-state index in [4.69, 9.17) is 0 Å². The number of hydrogen-bond donors (Lipinski definition) is 1. The Morgan fingerprint density at radius 3 is 3.00 bits per heavy atom. The smallest absolute Gasteiger partial charge is 0.182 e. The van der Waals surface area contributed by atoms with Crippen LogP contribution in [-0.4, -0.2) is 5.78 Å². The first-order chi connectivity index (χ1) is 5.66. The van der Waals surface area contributed by atoms with E-state index in [1.165, 1.54) is 0 Å². The van der Waals surface area contributed by atoms with Crippen molar-refractivity contribution in [2.24, 2.45) is 5.92 Å². The van der Waals surface area contributed by atoms with Crippen molar-refractivity contribution in [3.05, 3.63) is 35.3 Å². The van der Waals surface area contributed by atoms with E-state index in [0.29, 0.717) is 0 Å². The molecule has 64 valence electrons. The van der Waals surface area contributed by atoms with Crippen LogP contribution in [0.15, 0.2) is 35.3 Å². The summed E-state index contributed by atoms with van der Waals surface area (Å²) in [5, 5.41) is 0. The lowest BCUT2D eigenvalue weighted by atomic mass is 9.94. The Kier molecular flexibility index (Phi) is 2.93. The van der Waals surface area contributed by atoms with Gasteiger partial charge in [-0.25, -0.2) is 0 Å². The fourth-order valence-corrected chi connectivity index (χ4v) is 1.50. The molecule has 0 heterocycles. The van der Waals surface area contributed by atoms with Crippen molar-refractivity contribution in [3.63, 3.8) is 0 Å². The van der Waals surface area contributed by atoms with Gasteiger partial charge >= 0.3 is 0 Å². The molecule has 0 amide bonds. The summed E-state index contributed by atoms with van der Waals surface area (Å²) in [7, 11) is 0. The normalized spacial score (nSPS) is 23.2. The van der Waals surface area contributed by atoms with Crippen LogP contribution in [0, 0.1) is 5.92 Å². The number of ketones is 1. The van der Waals surface area contributed by atoms with Crippen LogP contribution in [0.25, 0.3) is 0 Å². The SMILES string of the molecule is C=CCC1C=CC(=O)C(C)=C1S. The lowest BCUT2D eigenvalue weighted by Crippen LogP contribution is -2.09. The van der Waals surface area contributed by atoms with Crippen molar-refractivity contribution < 1.29 is 4.79 Å². The van der Waals surface area contributed by atoms with Gasteiger partial charge in [-0.2, -0.15) is 0 Å². The van der Waals surface area contributed by atoms with Crippen molar-refractivity contribution in [1.82, 2.24) is 0 Å². The second kappa shape index (κ2) is 3.76. The van der Waals surface area contributed by atoms with Crippen LogP contribution in [0.5, 0.6) is 0 Å². The molecule has 0 aromatic heterocycles. The van der Waals surface area contributed by atoms with Gasteiger partial charge < -0.3 is 0 Å². The molecular formula is C10H12OS. The van der Waals surface area contributed by atoms with E-state index in [-0.39, 0.29) is 11.7 Å². The number of rotatable bonds is 2. The highest BCUT2D eigenvalue weighted by Crippen LogP contribution is 2.28. The highest BCUT2D eigenvalue weighted by atomic mass is 32.1. The van der Waals surface area contributed by atoms with E-state index < -0.39 is 0 Å². The monoisotopic (exact) mass is 180 g/mol. The highest BCUT2D eigenvalue weighted by molar-refractivity contribution is 7.84. The Hall–Kier alpha value is -0.760. The summed E-state index contributed by atoms with van der Waals surface area (Å²) < 4.78 is 0. The number of hydrogen-bond acceptors (Lipinski definition) is 2. The van der Waals surface area contributed by atoms with Gasteiger partial charge in [-0.1, -0.05) is 12.2 Å². The van der Waals surface area contributed by atoms with E-state index in [2.05, 4.69) is 19.2 Å². The minimum Gasteiger partial charge on any atom is -0.290 e. The third-order valence-electron chi connectivity index (χ3n) is 2.01. The van der Waals surface area contributed by atoms with E-state index in [1.807, 2.05) is 19.1 Å². The average molecular weight is 180 g/mol. The quantitative estimate of drug-likeness (QED) is 0.510. The standard InChI is InChI=1S/C10H12OS/c1-3-4-8-5-6-9(11)7(2)10(8)12/h3,5-6,8,12H,1,4H2,2H3. The topological polar surface area (TPSA) is 17.1 Å². The molecule has 1 rings (SSSR count). The summed E-state index contributed by atoms with van der Waals surface area (Å²) in [5.74, 6) is 0.323. The minimum atomic E-state index is 0.0697. The zero-order chi connectivity index (χ0) is 9.14. The first kappa shape index (κ1) is 9.33. The van der Waals surface area contributed by atoms with Crippen LogP contribution in [0.3, 0.4) is 0 Å². The molecule has 0 N–H and O–H groups in total. The van der Waals surface area contributed by atoms with E-state index in [9.17, 15) is 4.79 Å². The Morgan fingerprint density at radius 2 is 2.42 bits per heavy atom. The van der Waals surface area contributed by atoms with Crippen LogP contribution in [0.2, 0.25) is 0 Å². The van der Waals surface area contributed by atoms with Crippen LogP contribution in [0.4, 0.5) is 0 Å². The molecule has 0 saturated heterocycles. The molecular weight excluding hydrogens is 168 g/mol. The zero-order valence-electron chi connectivity index (χ0n) is 7.08. The molecule has 1 aliphatic rings. The van der Waals surface area contributed by atoms with Gasteiger partial charge in [0.15, 0.2) is 5.78 Å². The van der Waals surface area contributed by atoms with Crippen molar-refractivity contribution >= 4 is 18.4 Å². The molecule has 1 aliphatic carbocycles. The van der Waals surface area contributed by atoms with Gasteiger partial charge in [0, 0.05) is 11.5 Å². The van der Waals surface area contributed by atoms with Crippen LogP contribution >= 0.6 is 12.6 Å². The van der Waals surface area contributed by atoms with Gasteiger partial charge in [-0.15, -0.1) is 19.2 Å². The first-order valence-corrected chi connectivity index (χ1v) is 4.34. The van der Waals surface area contributed by atoms with E-state index >= 15 is 0 Å². The molecule has 12 heavy (non-hydrogen) atoms. The minimum absolute atomic E-state index is 0.0697. The Balaban J connectivity index is 2.88. The van der Waals surface area contributed by atoms with Gasteiger partial charge in [0.05, 0.1) is 0 Å². The van der Waals surface area contributed by atoms with Crippen LogP contribution in [-0.2, 0) is 4.79 Å². The summed E-state index contributed by atoms with van der Waals surface area (Å²) >= 11 is 4.30. The summed E-state index contributed by atoms with van der Waals surface area (Å²) in [4.78, 5) is 12.0. The van der Waals surface area contributed by atoms with Crippen molar-refractivity contribution in [2.45, 2.75) is 13.3 Å². The van der Waals surface area contributed by atoms with Crippen molar-refractivity contribution in [2.75, 3.05) is 0 Å². The fraction of sp³-hybridized carbons (Fsp3) is 0.300. The fourth-order valence-electron chi connectivity index (χ4n) is 1.19. The van der Waals surface area contributed by atoms with Gasteiger partial charge in [0.1, 0.15) is 0 Å². The summed E-state index contributed by atoms with van der Waals surface area (Å²) in [6.45, 7) is 5.47. The van der Waals surface area contributed by atoms with Crippen molar-refractivity contribution in [1.29, 1.82) is 0 Å². The largest absolute Gasteiger partial charge is 0.290 e. The molecule has 2 heteroatoms. The third-order valence-corrected chi connectivity index (χ3v) is 2.67. The Morgan fingerprint density at radius 1 is 1.75 bits per heavy atom. The lowest BCUT2D eigenvalue weighted by Gasteiger charge is -2.16. The van der Waals surface area contributed by atoms with Gasteiger partial charge in [-0.05, 0) is 24.3 Å². The molecule has 0 fully saturated rings. The summed E-state index contributed by atoms with van der Waals surface area (Å²) in [5.41, 5.74) is 0.757. The number of carbonyl (C=O) groups is 1. The molecule has 1 atom stereocenters. The van der Waals surface area contributed by atoms with Gasteiger partial charge in [0.2, 0.25) is 0 Å². The Labute approximate surface area is 78.3 Å². The molecule has 0 spiro atoms. The maximum Gasteiger partial charge on any atom is 0.182 e. The van der Waals surface area contributed by atoms with E-state index in [0.717, 1.165) is 16.9 Å². The van der Waals surface area contributed by atoms with E-state index in [1.54, 1.807) is 6.08 Å². The number of carbonyl (C=O) groups excluding carboxylic acids is 1. The number of thiol groups is 1. The van der Waals surface area contributed by atoms with Gasteiger partial charge in [-0.3, -0.25) is 4.79 Å². The molecule has 0 aromatic carbocycles. The summed E-state index contributed by atoms with van der Waals surface area (Å²) in [6, 6.07) is 0. The molecule has 0 saturated carbocycles. The van der Waals surface area contributed by atoms with Crippen LogP contribution in [0.1, 0.15) is 13.3 Å². The second-order valence-electron chi connectivity index (χ2n) is 2.86. The zero-order valence-corrected chi connectivity index (χ0v) is 7.97. The highest BCUT2D eigenvalue weighted by Gasteiger charge is 2.17. The average Bonchev–Trinajstić information content (AvgIpc) is 2.07. The Bertz CT molecular complexity index is 274.